The van der Waals surface area contributed by atoms with Gasteiger partial charge in [-0.05, 0) is 0 Å². The van der Waals surface area contributed by atoms with Gasteiger partial charge in [0.2, 0.25) is 0 Å². The molecular formula is C11H15NO6. The average molecular weight is 257 g/mol. The van der Waals surface area contributed by atoms with Crippen molar-refractivity contribution in [3.8, 4) is 0 Å². The molecule has 2 heterocycles. The van der Waals surface area contributed by atoms with Crippen molar-refractivity contribution < 1.29 is 28.9 Å². The molecule has 2 aliphatic heterocycles. The summed E-state index contributed by atoms with van der Waals surface area (Å²) < 4.78 is 15.7. The summed E-state index contributed by atoms with van der Waals surface area (Å²) in [5.74, 6) is -2.09. The summed E-state index contributed by atoms with van der Waals surface area (Å²) >= 11 is 0. The van der Waals surface area contributed by atoms with Crippen LogP contribution in [0.3, 0.4) is 0 Å². The van der Waals surface area contributed by atoms with Crippen LogP contribution in [0.4, 0.5) is 4.79 Å². The predicted octanol–water partition coefficient (Wildman–Crippen LogP) is 0.211. The highest BCUT2D eigenvalue weighted by Crippen LogP contribution is 2.35. The Balaban J connectivity index is 2.09. The number of hydrogen-bond acceptors (Lipinski definition) is 5. The Bertz CT molecular complexity index is 363. The summed E-state index contributed by atoms with van der Waals surface area (Å²) in [6.45, 7) is 4.34. The number of carboxylic acids is 1. The number of aliphatic carboxylic acids is 1. The van der Waals surface area contributed by atoms with Gasteiger partial charge in [-0.2, -0.15) is 0 Å². The molecule has 0 aliphatic carbocycles. The zero-order valence-electron chi connectivity index (χ0n) is 9.83. The van der Waals surface area contributed by atoms with E-state index in [-0.39, 0.29) is 19.6 Å². The molecular weight excluding hydrogens is 242 g/mol. The van der Waals surface area contributed by atoms with Gasteiger partial charge in [0.1, 0.15) is 12.6 Å². The van der Waals surface area contributed by atoms with Crippen molar-refractivity contribution in [3.63, 3.8) is 0 Å². The summed E-state index contributed by atoms with van der Waals surface area (Å²) in [6, 6.07) is -0.986. The van der Waals surface area contributed by atoms with E-state index in [9.17, 15) is 9.59 Å². The maximum atomic E-state index is 11.7. The maximum Gasteiger partial charge on any atom is 0.411 e. The minimum atomic E-state index is -1.10. The van der Waals surface area contributed by atoms with Gasteiger partial charge in [0.25, 0.3) is 0 Å². The number of amides is 1. The van der Waals surface area contributed by atoms with Crippen LogP contribution in [0.5, 0.6) is 0 Å². The molecule has 0 bridgehead atoms. The molecule has 0 radical (unpaired) electrons. The summed E-state index contributed by atoms with van der Waals surface area (Å²) in [6.07, 6.45) is 0.839. The van der Waals surface area contributed by atoms with Gasteiger partial charge in [-0.25, -0.2) is 9.59 Å². The molecule has 2 aliphatic rings. The first-order valence-corrected chi connectivity index (χ1v) is 5.63. The van der Waals surface area contributed by atoms with Crippen LogP contribution < -0.4 is 0 Å². The molecule has 1 spiro atoms. The summed E-state index contributed by atoms with van der Waals surface area (Å²) in [7, 11) is 0. The number of carboxylic acid groups (broad SMARTS) is 1. The molecule has 0 unspecified atom stereocenters. The number of nitrogens with zero attached hydrogens (tertiary/aromatic N) is 1. The van der Waals surface area contributed by atoms with Crippen molar-refractivity contribution in [2.75, 3.05) is 26.4 Å². The first-order chi connectivity index (χ1) is 8.58. The Morgan fingerprint density at radius 3 is 2.72 bits per heavy atom. The third-order valence-corrected chi connectivity index (χ3v) is 2.95. The third kappa shape index (κ3) is 2.32. The van der Waals surface area contributed by atoms with Crippen molar-refractivity contribution >= 4 is 12.1 Å². The van der Waals surface area contributed by atoms with Gasteiger partial charge in [0, 0.05) is 6.42 Å². The van der Waals surface area contributed by atoms with E-state index >= 15 is 0 Å². The molecule has 0 saturated carbocycles. The fraction of sp³-hybridized carbons (Fsp3) is 0.636. The highest BCUT2D eigenvalue weighted by molar-refractivity contribution is 5.81. The first-order valence-electron chi connectivity index (χ1n) is 5.63. The van der Waals surface area contributed by atoms with E-state index in [1.165, 1.54) is 6.08 Å². The van der Waals surface area contributed by atoms with E-state index in [1.54, 1.807) is 0 Å². The second kappa shape index (κ2) is 4.95. The van der Waals surface area contributed by atoms with E-state index in [2.05, 4.69) is 6.58 Å². The van der Waals surface area contributed by atoms with E-state index in [1.807, 2.05) is 0 Å². The van der Waals surface area contributed by atoms with Gasteiger partial charge >= 0.3 is 12.1 Å². The number of rotatable bonds is 3. The molecule has 100 valence electrons. The fourth-order valence-electron chi connectivity index (χ4n) is 2.17. The molecule has 2 saturated heterocycles. The van der Waals surface area contributed by atoms with Crippen molar-refractivity contribution in [2.45, 2.75) is 18.2 Å². The Kier molecular flexibility index (Phi) is 3.53. The lowest BCUT2D eigenvalue weighted by Gasteiger charge is -2.22. The van der Waals surface area contributed by atoms with Gasteiger partial charge in [0.05, 0.1) is 19.8 Å². The van der Waals surface area contributed by atoms with Crippen LogP contribution in [0.25, 0.3) is 0 Å². The quantitative estimate of drug-likeness (QED) is 0.727. The Morgan fingerprint density at radius 1 is 1.50 bits per heavy atom. The molecule has 1 N–H and O–H groups in total. The van der Waals surface area contributed by atoms with Crippen LogP contribution in [0.15, 0.2) is 12.7 Å². The Labute approximate surface area is 104 Å². The molecule has 18 heavy (non-hydrogen) atoms. The normalized spacial score (nSPS) is 25.3. The van der Waals surface area contributed by atoms with Crippen LogP contribution in [-0.2, 0) is 19.0 Å². The number of ether oxygens (including phenoxy) is 3. The van der Waals surface area contributed by atoms with Crippen molar-refractivity contribution in [1.29, 1.82) is 0 Å². The fourth-order valence-corrected chi connectivity index (χ4v) is 2.17. The van der Waals surface area contributed by atoms with Crippen molar-refractivity contribution in [2.24, 2.45) is 0 Å². The summed E-state index contributed by atoms with van der Waals surface area (Å²) in [5, 5.41) is 9.12. The minimum Gasteiger partial charge on any atom is -0.480 e. The molecule has 0 aromatic heterocycles. The molecule has 1 atom stereocenters. The van der Waals surface area contributed by atoms with E-state index in [0.29, 0.717) is 13.2 Å². The average Bonchev–Trinajstić information content (AvgIpc) is 2.94. The molecule has 0 aromatic rings. The summed E-state index contributed by atoms with van der Waals surface area (Å²) in [4.78, 5) is 24.0. The first kappa shape index (κ1) is 12.8. The van der Waals surface area contributed by atoms with Crippen LogP contribution in [0, 0.1) is 0 Å². The standard InChI is InChI=1S/C11H15NO6/c1-2-3-16-10(15)12-7-11(17-4-5-18-11)6-8(12)9(13)14/h2,8H,1,3-7H2,(H,13,14)/t8-/m1/s1. The molecule has 7 nitrogen and oxygen atoms in total. The zero-order chi connectivity index (χ0) is 13.2. The largest absolute Gasteiger partial charge is 0.480 e. The van der Waals surface area contributed by atoms with Crippen molar-refractivity contribution in [3.05, 3.63) is 12.7 Å². The molecule has 7 heteroatoms. The van der Waals surface area contributed by atoms with Gasteiger partial charge in [-0.3, -0.25) is 4.90 Å². The molecule has 0 aromatic carbocycles. The second-order valence-electron chi connectivity index (χ2n) is 4.16. The number of carbonyl (C=O) groups is 2. The highest BCUT2D eigenvalue weighted by Gasteiger charge is 2.53. The number of likely N-dealkylation sites (tertiary alicyclic amines) is 1. The monoisotopic (exact) mass is 257 g/mol. The van der Waals surface area contributed by atoms with Crippen LogP contribution >= 0.6 is 0 Å². The Hall–Kier alpha value is -1.60. The van der Waals surface area contributed by atoms with Gasteiger partial charge in [0.15, 0.2) is 5.79 Å². The minimum absolute atomic E-state index is 0.0381. The highest BCUT2D eigenvalue weighted by atomic mass is 16.7. The van der Waals surface area contributed by atoms with Gasteiger partial charge in [-0.15, -0.1) is 0 Å². The van der Waals surface area contributed by atoms with Crippen LogP contribution in [0.1, 0.15) is 6.42 Å². The summed E-state index contributed by atoms with van der Waals surface area (Å²) in [5.41, 5.74) is 0. The maximum absolute atomic E-state index is 11.7. The lowest BCUT2D eigenvalue weighted by Crippen LogP contribution is -2.41. The third-order valence-electron chi connectivity index (χ3n) is 2.95. The SMILES string of the molecule is C=CCOC(=O)N1CC2(C[C@@H]1C(=O)O)OCCO2. The van der Waals surface area contributed by atoms with Gasteiger partial charge in [-0.1, -0.05) is 12.7 Å². The van der Waals surface area contributed by atoms with Crippen LogP contribution in [-0.4, -0.2) is 60.3 Å². The van der Waals surface area contributed by atoms with Crippen molar-refractivity contribution in [1.82, 2.24) is 4.90 Å². The van der Waals surface area contributed by atoms with E-state index < -0.39 is 23.9 Å². The van der Waals surface area contributed by atoms with E-state index in [4.69, 9.17) is 19.3 Å². The smallest absolute Gasteiger partial charge is 0.411 e. The predicted molar refractivity (Wildman–Crippen MR) is 58.9 cm³/mol. The second-order valence-corrected chi connectivity index (χ2v) is 4.16. The Morgan fingerprint density at radius 2 is 2.17 bits per heavy atom. The van der Waals surface area contributed by atoms with E-state index in [0.717, 1.165) is 4.90 Å². The zero-order valence-corrected chi connectivity index (χ0v) is 9.83. The molecule has 2 rings (SSSR count). The number of hydrogen-bond donors (Lipinski definition) is 1. The lowest BCUT2D eigenvalue weighted by atomic mass is 10.1. The van der Waals surface area contributed by atoms with Crippen LogP contribution in [0.2, 0.25) is 0 Å². The topological polar surface area (TPSA) is 85.3 Å². The lowest BCUT2D eigenvalue weighted by molar-refractivity contribution is -0.150. The van der Waals surface area contributed by atoms with Gasteiger partial charge < -0.3 is 19.3 Å². The molecule has 2 fully saturated rings. The number of carbonyl (C=O) groups excluding carboxylic acids is 1. The molecule has 1 amide bonds.